The Hall–Kier alpha value is -1.35. The number of hydrogen-bond acceptors (Lipinski definition) is 2. The largest absolute Gasteiger partial charge is 0.377 e. The Kier molecular flexibility index (Phi) is 4.76. The van der Waals surface area contributed by atoms with E-state index in [0.29, 0.717) is 6.42 Å². The maximum absolute atomic E-state index is 12.2. The highest BCUT2D eigenvalue weighted by atomic mass is 16.5. The van der Waals surface area contributed by atoms with Crippen LogP contribution < -0.4 is 0 Å². The van der Waals surface area contributed by atoms with Crippen LogP contribution in [0.1, 0.15) is 25.3 Å². The molecular formula is C15H21NO2. The first-order valence-electron chi connectivity index (χ1n) is 6.73. The lowest BCUT2D eigenvalue weighted by Crippen LogP contribution is -2.43. The molecule has 0 bridgehead atoms. The van der Waals surface area contributed by atoms with Crippen molar-refractivity contribution in [2.75, 3.05) is 19.7 Å². The van der Waals surface area contributed by atoms with E-state index in [9.17, 15) is 4.79 Å². The predicted molar refractivity (Wildman–Crippen MR) is 71.4 cm³/mol. The molecule has 2 rings (SSSR count). The molecule has 1 fully saturated rings. The van der Waals surface area contributed by atoms with Crippen molar-refractivity contribution >= 4 is 5.91 Å². The monoisotopic (exact) mass is 247 g/mol. The Balaban J connectivity index is 1.88. The zero-order valence-electron chi connectivity index (χ0n) is 11.0. The van der Waals surface area contributed by atoms with E-state index in [2.05, 4.69) is 0 Å². The third kappa shape index (κ3) is 3.57. The van der Waals surface area contributed by atoms with Gasteiger partial charge in [0.05, 0.1) is 12.5 Å². The molecule has 0 N–H and O–H groups in total. The highest BCUT2D eigenvalue weighted by molar-refractivity contribution is 5.78. The summed E-state index contributed by atoms with van der Waals surface area (Å²) in [6, 6.07) is 9.92. The van der Waals surface area contributed by atoms with E-state index in [1.54, 1.807) is 0 Å². The molecule has 3 heteroatoms. The highest BCUT2D eigenvalue weighted by Gasteiger charge is 2.23. The molecule has 98 valence electrons. The first-order valence-corrected chi connectivity index (χ1v) is 6.73. The molecule has 1 unspecified atom stereocenters. The van der Waals surface area contributed by atoms with Crippen molar-refractivity contribution in [3.8, 4) is 0 Å². The van der Waals surface area contributed by atoms with Crippen LogP contribution in [0.25, 0.3) is 0 Å². The van der Waals surface area contributed by atoms with Crippen molar-refractivity contribution in [3.05, 3.63) is 35.9 Å². The maximum Gasteiger partial charge on any atom is 0.227 e. The number of likely N-dealkylation sites (tertiary alicyclic amines) is 1. The third-order valence-corrected chi connectivity index (χ3v) is 3.33. The van der Waals surface area contributed by atoms with Crippen LogP contribution in [0, 0.1) is 0 Å². The summed E-state index contributed by atoms with van der Waals surface area (Å²) >= 11 is 0. The van der Waals surface area contributed by atoms with Crippen LogP contribution in [-0.2, 0) is 16.0 Å². The fraction of sp³-hybridized carbons (Fsp3) is 0.533. The lowest BCUT2D eigenvalue weighted by Gasteiger charge is -2.32. The molecule has 1 aliphatic rings. The van der Waals surface area contributed by atoms with Gasteiger partial charge in [-0.25, -0.2) is 0 Å². The Morgan fingerprint density at radius 1 is 1.39 bits per heavy atom. The van der Waals surface area contributed by atoms with Crippen molar-refractivity contribution in [2.45, 2.75) is 32.3 Å². The summed E-state index contributed by atoms with van der Waals surface area (Å²) in [6.45, 7) is 4.35. The predicted octanol–water partition coefficient (Wildman–Crippen LogP) is 2.26. The van der Waals surface area contributed by atoms with Crippen molar-refractivity contribution in [2.24, 2.45) is 0 Å². The molecule has 0 spiro atoms. The van der Waals surface area contributed by atoms with E-state index < -0.39 is 0 Å². The smallest absolute Gasteiger partial charge is 0.227 e. The van der Waals surface area contributed by atoms with Crippen LogP contribution in [0.2, 0.25) is 0 Å². The van der Waals surface area contributed by atoms with E-state index >= 15 is 0 Å². The van der Waals surface area contributed by atoms with Gasteiger partial charge in [-0.1, -0.05) is 30.3 Å². The summed E-state index contributed by atoms with van der Waals surface area (Å²) in [6.07, 6.45) is 2.84. The minimum atomic E-state index is 0.214. The number of nitrogens with zero attached hydrogens (tertiary/aromatic N) is 1. The summed E-state index contributed by atoms with van der Waals surface area (Å²) < 4.78 is 5.62. The Labute approximate surface area is 109 Å². The molecule has 1 saturated heterocycles. The van der Waals surface area contributed by atoms with Crippen molar-refractivity contribution in [1.29, 1.82) is 0 Å². The Morgan fingerprint density at radius 3 is 2.89 bits per heavy atom. The van der Waals surface area contributed by atoms with E-state index in [4.69, 9.17) is 4.74 Å². The van der Waals surface area contributed by atoms with E-state index in [0.717, 1.165) is 38.1 Å². The van der Waals surface area contributed by atoms with Gasteiger partial charge in [0.25, 0.3) is 0 Å². The van der Waals surface area contributed by atoms with Gasteiger partial charge < -0.3 is 9.64 Å². The van der Waals surface area contributed by atoms with Gasteiger partial charge in [-0.05, 0) is 25.3 Å². The fourth-order valence-electron chi connectivity index (χ4n) is 2.42. The molecule has 1 aromatic rings. The number of piperidine rings is 1. The molecule has 1 heterocycles. The van der Waals surface area contributed by atoms with Crippen LogP contribution in [0.15, 0.2) is 30.3 Å². The summed E-state index contributed by atoms with van der Waals surface area (Å²) in [7, 11) is 0. The third-order valence-electron chi connectivity index (χ3n) is 3.33. The van der Waals surface area contributed by atoms with Crippen LogP contribution in [0.5, 0.6) is 0 Å². The summed E-state index contributed by atoms with van der Waals surface area (Å²) in [5, 5.41) is 0. The molecule has 1 aromatic carbocycles. The molecular weight excluding hydrogens is 226 g/mol. The second-order valence-electron chi connectivity index (χ2n) is 4.72. The zero-order chi connectivity index (χ0) is 12.8. The van der Waals surface area contributed by atoms with Crippen LogP contribution in [0.3, 0.4) is 0 Å². The summed E-state index contributed by atoms with van der Waals surface area (Å²) in [4.78, 5) is 14.1. The highest BCUT2D eigenvalue weighted by Crippen LogP contribution is 2.14. The number of benzene rings is 1. The van der Waals surface area contributed by atoms with E-state index in [1.807, 2.05) is 42.2 Å². The van der Waals surface area contributed by atoms with Crippen molar-refractivity contribution in [1.82, 2.24) is 4.90 Å². The number of amides is 1. The average Bonchev–Trinajstić information content (AvgIpc) is 2.40. The normalized spacial score (nSPS) is 19.8. The van der Waals surface area contributed by atoms with Crippen molar-refractivity contribution < 1.29 is 9.53 Å². The number of carbonyl (C=O) groups excluding carboxylic acids is 1. The second kappa shape index (κ2) is 6.55. The van der Waals surface area contributed by atoms with Gasteiger partial charge in [-0.3, -0.25) is 4.79 Å². The lowest BCUT2D eigenvalue weighted by atomic mass is 10.1. The molecule has 0 saturated carbocycles. The minimum Gasteiger partial charge on any atom is -0.377 e. The molecule has 0 aromatic heterocycles. The van der Waals surface area contributed by atoms with Crippen LogP contribution in [0.4, 0.5) is 0 Å². The molecule has 18 heavy (non-hydrogen) atoms. The van der Waals surface area contributed by atoms with Gasteiger partial charge >= 0.3 is 0 Å². The Morgan fingerprint density at radius 2 is 2.17 bits per heavy atom. The topological polar surface area (TPSA) is 29.5 Å². The first kappa shape index (κ1) is 13.1. The lowest BCUT2D eigenvalue weighted by molar-refractivity contribution is -0.134. The quantitative estimate of drug-likeness (QED) is 0.816. The van der Waals surface area contributed by atoms with Gasteiger partial charge in [0.2, 0.25) is 5.91 Å². The van der Waals surface area contributed by atoms with Crippen molar-refractivity contribution in [3.63, 3.8) is 0 Å². The molecule has 1 aliphatic heterocycles. The summed E-state index contributed by atoms with van der Waals surface area (Å²) in [5.74, 6) is 0.214. The standard InChI is InChI=1S/C15H21NO2/c1-2-18-14-9-6-10-16(12-14)15(17)11-13-7-4-3-5-8-13/h3-5,7-8,14H,2,6,9-12H2,1H3. The second-order valence-corrected chi connectivity index (χ2v) is 4.72. The molecule has 0 radical (unpaired) electrons. The first-order chi connectivity index (χ1) is 8.79. The van der Waals surface area contributed by atoms with E-state index in [1.165, 1.54) is 0 Å². The average molecular weight is 247 g/mol. The SMILES string of the molecule is CCOC1CCCN(C(=O)Cc2ccccc2)C1. The number of hydrogen-bond donors (Lipinski definition) is 0. The maximum atomic E-state index is 12.2. The van der Waals surface area contributed by atoms with Crippen LogP contribution in [-0.4, -0.2) is 36.6 Å². The molecule has 3 nitrogen and oxygen atoms in total. The molecule has 1 atom stereocenters. The van der Waals surface area contributed by atoms with Crippen LogP contribution >= 0.6 is 0 Å². The van der Waals surface area contributed by atoms with Gasteiger partial charge in [0.1, 0.15) is 0 Å². The summed E-state index contributed by atoms with van der Waals surface area (Å²) in [5.41, 5.74) is 1.08. The van der Waals surface area contributed by atoms with E-state index in [-0.39, 0.29) is 12.0 Å². The van der Waals surface area contributed by atoms with Gasteiger partial charge in [-0.15, -0.1) is 0 Å². The number of ether oxygens (including phenoxy) is 1. The van der Waals surface area contributed by atoms with Gasteiger partial charge in [0, 0.05) is 19.7 Å². The minimum absolute atomic E-state index is 0.214. The molecule has 1 amide bonds. The van der Waals surface area contributed by atoms with Gasteiger partial charge in [0.15, 0.2) is 0 Å². The number of rotatable bonds is 4. The Bertz CT molecular complexity index is 375. The zero-order valence-corrected chi connectivity index (χ0v) is 11.0. The van der Waals surface area contributed by atoms with Gasteiger partial charge in [-0.2, -0.15) is 0 Å². The number of carbonyl (C=O) groups is 1. The molecule has 0 aliphatic carbocycles. The fourth-order valence-corrected chi connectivity index (χ4v) is 2.42.